The van der Waals surface area contributed by atoms with Crippen molar-refractivity contribution in [3.63, 3.8) is 0 Å². The number of hydrogen-bond acceptors (Lipinski definition) is 4. The summed E-state index contributed by atoms with van der Waals surface area (Å²) in [5, 5.41) is 0. The molecule has 0 aliphatic rings. The van der Waals surface area contributed by atoms with Crippen LogP contribution in [0, 0.1) is 6.92 Å². The first kappa shape index (κ1) is 21.3. The lowest BCUT2D eigenvalue weighted by Gasteiger charge is -2.18. The maximum Gasteiger partial charge on any atom is 0.262 e. The molecule has 0 atom stereocenters. The Hall–Kier alpha value is -2.44. The van der Waals surface area contributed by atoms with E-state index < -0.39 is 10.0 Å². The molecule has 0 heterocycles. The molecule has 0 amide bonds. The molecule has 3 aromatic rings. The molecule has 4 nitrogen and oxygen atoms in total. The molecule has 0 saturated heterocycles. The minimum atomic E-state index is -3.76. The van der Waals surface area contributed by atoms with Gasteiger partial charge in [0.2, 0.25) is 0 Å². The molecule has 0 saturated carbocycles. The van der Waals surface area contributed by atoms with E-state index in [-0.39, 0.29) is 10.8 Å². The first-order valence-electron chi connectivity index (χ1n) is 9.35. The Balaban J connectivity index is 1.98. The predicted octanol–water partition coefficient (Wildman–Crippen LogP) is 6.08. The Morgan fingerprint density at radius 3 is 2.28 bits per heavy atom. The van der Waals surface area contributed by atoms with Crippen molar-refractivity contribution in [2.75, 3.05) is 11.8 Å². The molecule has 3 aromatic carbocycles. The molecule has 1 N–H and O–H groups in total. The molecular weight excluding hydrogens is 402 g/mol. The summed E-state index contributed by atoms with van der Waals surface area (Å²) >= 11 is 1.52. The summed E-state index contributed by atoms with van der Waals surface area (Å²) in [6.07, 6.45) is 0. The molecule has 29 heavy (non-hydrogen) atoms. The van der Waals surface area contributed by atoms with Gasteiger partial charge in [0.05, 0.1) is 17.7 Å². The number of benzene rings is 3. The fraction of sp³-hybridized carbons (Fsp3) is 0.217. The van der Waals surface area contributed by atoms with E-state index in [4.69, 9.17) is 4.74 Å². The van der Waals surface area contributed by atoms with Crippen LogP contribution in [0.15, 0.2) is 81.4 Å². The highest BCUT2D eigenvalue weighted by Crippen LogP contribution is 2.36. The summed E-state index contributed by atoms with van der Waals surface area (Å²) in [5.41, 5.74) is 2.07. The van der Waals surface area contributed by atoms with Gasteiger partial charge in [-0.2, -0.15) is 0 Å². The highest BCUT2D eigenvalue weighted by Gasteiger charge is 2.22. The highest BCUT2D eigenvalue weighted by atomic mass is 32.2. The summed E-state index contributed by atoms with van der Waals surface area (Å²) in [5.74, 6) is 0.844. The second-order valence-electron chi connectivity index (χ2n) is 7.03. The van der Waals surface area contributed by atoms with Gasteiger partial charge in [-0.25, -0.2) is 8.42 Å². The van der Waals surface area contributed by atoms with Gasteiger partial charge in [-0.1, -0.05) is 55.9 Å². The predicted molar refractivity (Wildman–Crippen MR) is 120 cm³/mol. The fourth-order valence-electron chi connectivity index (χ4n) is 3.05. The van der Waals surface area contributed by atoms with E-state index in [1.54, 1.807) is 32.2 Å². The number of aryl methyl sites for hydroxylation is 1. The maximum atomic E-state index is 13.2. The Morgan fingerprint density at radius 1 is 0.966 bits per heavy atom. The Kier molecular flexibility index (Phi) is 6.55. The van der Waals surface area contributed by atoms with Gasteiger partial charge in [-0.15, -0.1) is 0 Å². The van der Waals surface area contributed by atoms with Crippen molar-refractivity contribution in [1.82, 2.24) is 0 Å². The van der Waals surface area contributed by atoms with E-state index in [0.717, 1.165) is 15.4 Å². The summed E-state index contributed by atoms with van der Waals surface area (Å²) in [4.78, 5) is 2.15. The fourth-order valence-corrected chi connectivity index (χ4v) is 5.38. The minimum absolute atomic E-state index is 0.139. The zero-order valence-electron chi connectivity index (χ0n) is 17.0. The van der Waals surface area contributed by atoms with Gasteiger partial charge < -0.3 is 4.74 Å². The van der Waals surface area contributed by atoms with Gasteiger partial charge in [-0.05, 0) is 60.4 Å². The molecule has 0 spiro atoms. The van der Waals surface area contributed by atoms with Gasteiger partial charge in [-0.3, -0.25) is 4.72 Å². The van der Waals surface area contributed by atoms with Crippen LogP contribution in [0.3, 0.4) is 0 Å². The smallest absolute Gasteiger partial charge is 0.262 e. The quantitative estimate of drug-likeness (QED) is 0.496. The van der Waals surface area contributed by atoms with E-state index in [1.165, 1.54) is 11.8 Å². The Labute approximate surface area is 177 Å². The number of rotatable bonds is 7. The van der Waals surface area contributed by atoms with Crippen LogP contribution in [0.5, 0.6) is 5.75 Å². The summed E-state index contributed by atoms with van der Waals surface area (Å²) in [7, 11) is -2.16. The molecule has 0 unspecified atom stereocenters. The SMILES string of the molecule is COc1cc(C)c(S(=O)(=O)Nc2ccccc2Sc2ccccc2)cc1C(C)C. The second-order valence-corrected chi connectivity index (χ2v) is 9.80. The highest BCUT2D eigenvalue weighted by molar-refractivity contribution is 7.99. The lowest BCUT2D eigenvalue weighted by Crippen LogP contribution is -2.15. The lowest BCUT2D eigenvalue weighted by atomic mass is 10.0. The van der Waals surface area contributed by atoms with E-state index in [0.29, 0.717) is 17.0 Å². The zero-order chi connectivity index (χ0) is 21.0. The third-order valence-electron chi connectivity index (χ3n) is 4.54. The molecule has 152 valence electrons. The molecule has 6 heteroatoms. The van der Waals surface area contributed by atoms with Crippen LogP contribution in [-0.4, -0.2) is 15.5 Å². The van der Waals surface area contributed by atoms with Crippen LogP contribution >= 0.6 is 11.8 Å². The van der Waals surface area contributed by atoms with Gasteiger partial charge in [0.15, 0.2) is 0 Å². The molecule has 0 bridgehead atoms. The normalized spacial score (nSPS) is 11.5. The van der Waals surface area contributed by atoms with Crippen molar-refractivity contribution in [2.45, 2.75) is 41.4 Å². The summed E-state index contributed by atoms with van der Waals surface area (Å²) < 4.78 is 34.7. The molecular formula is C23H25NO3S2. The van der Waals surface area contributed by atoms with Crippen LogP contribution in [0.2, 0.25) is 0 Å². The lowest BCUT2D eigenvalue weighted by molar-refractivity contribution is 0.406. The summed E-state index contributed by atoms with van der Waals surface area (Å²) in [6, 6.07) is 20.8. The van der Waals surface area contributed by atoms with Crippen LogP contribution in [-0.2, 0) is 10.0 Å². The van der Waals surface area contributed by atoms with Crippen molar-refractivity contribution >= 4 is 27.5 Å². The standard InChI is InChI=1S/C23H25NO3S2/c1-16(2)19-15-23(17(3)14-21(19)27-4)29(25,26)24-20-12-8-9-13-22(20)28-18-10-6-5-7-11-18/h5-16,24H,1-4H3. The van der Waals surface area contributed by atoms with Crippen LogP contribution in [0.25, 0.3) is 0 Å². The molecule has 0 radical (unpaired) electrons. The number of sulfonamides is 1. The zero-order valence-corrected chi connectivity index (χ0v) is 18.6. The number of methoxy groups -OCH3 is 1. The van der Waals surface area contributed by atoms with Gasteiger partial charge in [0, 0.05) is 9.79 Å². The van der Waals surface area contributed by atoms with Crippen molar-refractivity contribution in [3.8, 4) is 5.75 Å². The average molecular weight is 428 g/mol. The minimum Gasteiger partial charge on any atom is -0.496 e. The van der Waals surface area contributed by atoms with Gasteiger partial charge in [0.25, 0.3) is 10.0 Å². The van der Waals surface area contributed by atoms with Crippen molar-refractivity contribution in [2.24, 2.45) is 0 Å². The van der Waals surface area contributed by atoms with Gasteiger partial charge in [0.1, 0.15) is 5.75 Å². The van der Waals surface area contributed by atoms with Crippen LogP contribution < -0.4 is 9.46 Å². The Morgan fingerprint density at radius 2 is 1.62 bits per heavy atom. The number of para-hydroxylation sites is 1. The van der Waals surface area contributed by atoms with E-state index in [2.05, 4.69) is 4.72 Å². The summed E-state index contributed by atoms with van der Waals surface area (Å²) in [6.45, 7) is 5.82. The van der Waals surface area contributed by atoms with Crippen molar-refractivity contribution < 1.29 is 13.2 Å². The third kappa shape index (κ3) is 4.95. The molecule has 0 fully saturated rings. The molecule has 0 aromatic heterocycles. The topological polar surface area (TPSA) is 55.4 Å². The number of anilines is 1. The number of nitrogens with one attached hydrogen (secondary N) is 1. The van der Waals surface area contributed by atoms with E-state index in [9.17, 15) is 8.42 Å². The van der Waals surface area contributed by atoms with Gasteiger partial charge >= 0.3 is 0 Å². The number of hydrogen-bond donors (Lipinski definition) is 1. The van der Waals surface area contributed by atoms with Crippen molar-refractivity contribution in [1.29, 1.82) is 0 Å². The third-order valence-corrected chi connectivity index (χ3v) is 7.13. The second kappa shape index (κ2) is 8.93. The average Bonchev–Trinajstić information content (AvgIpc) is 2.69. The largest absolute Gasteiger partial charge is 0.496 e. The van der Waals surface area contributed by atoms with E-state index in [1.807, 2.05) is 62.4 Å². The van der Waals surface area contributed by atoms with Crippen LogP contribution in [0.1, 0.15) is 30.9 Å². The van der Waals surface area contributed by atoms with E-state index >= 15 is 0 Å². The maximum absolute atomic E-state index is 13.2. The Bertz CT molecular complexity index is 1090. The number of ether oxygens (including phenoxy) is 1. The first-order chi connectivity index (χ1) is 13.8. The molecule has 3 rings (SSSR count). The monoisotopic (exact) mass is 427 g/mol. The van der Waals surface area contributed by atoms with Crippen LogP contribution in [0.4, 0.5) is 5.69 Å². The van der Waals surface area contributed by atoms with Crippen molar-refractivity contribution in [3.05, 3.63) is 77.9 Å². The first-order valence-corrected chi connectivity index (χ1v) is 11.6. The molecule has 0 aliphatic heterocycles. The molecule has 0 aliphatic carbocycles.